The van der Waals surface area contributed by atoms with Crippen molar-refractivity contribution in [3.05, 3.63) is 45.0 Å². The first-order chi connectivity index (χ1) is 9.63. The highest BCUT2D eigenvalue weighted by atomic mass is 35.5. The van der Waals surface area contributed by atoms with Crippen LogP contribution in [0.5, 0.6) is 0 Å². The molecule has 0 unspecified atom stereocenters. The zero-order valence-electron chi connectivity index (χ0n) is 10.5. The molecule has 0 bridgehead atoms. The second-order valence-corrected chi connectivity index (χ2v) is 5.56. The van der Waals surface area contributed by atoms with Gasteiger partial charge in [0.1, 0.15) is 10.5 Å². The van der Waals surface area contributed by atoms with Crippen molar-refractivity contribution in [3.63, 3.8) is 0 Å². The number of nitrogens with one attached hydrogen (secondary N) is 1. The molecule has 102 valence electrons. The van der Waals surface area contributed by atoms with Gasteiger partial charge in [-0.1, -0.05) is 11.6 Å². The maximum atomic E-state index is 11.9. The van der Waals surface area contributed by atoms with E-state index in [2.05, 4.69) is 19.9 Å². The van der Waals surface area contributed by atoms with E-state index in [1.165, 1.54) is 23.7 Å². The first kappa shape index (κ1) is 13.0. The van der Waals surface area contributed by atoms with Gasteiger partial charge < -0.3 is 9.88 Å². The van der Waals surface area contributed by atoms with Gasteiger partial charge in [0, 0.05) is 7.05 Å². The summed E-state index contributed by atoms with van der Waals surface area (Å²) in [5, 5.41) is 2.33. The number of nitrogens with zero attached hydrogens (tertiary/aromatic N) is 4. The number of anilines is 1. The fraction of sp³-hybridized carbons (Fsp3) is 0.167. The summed E-state index contributed by atoms with van der Waals surface area (Å²) in [6, 6.07) is 1.83. The Hall–Kier alpha value is -1.99. The van der Waals surface area contributed by atoms with E-state index in [1.807, 2.05) is 18.5 Å². The van der Waals surface area contributed by atoms with E-state index in [0.717, 1.165) is 0 Å². The van der Waals surface area contributed by atoms with E-state index in [1.54, 1.807) is 4.90 Å². The number of halogens is 1. The molecule has 0 aliphatic carbocycles. The molecule has 3 heterocycles. The number of thiophene rings is 1. The van der Waals surface area contributed by atoms with Gasteiger partial charge in [0.15, 0.2) is 0 Å². The predicted octanol–water partition coefficient (Wildman–Crippen LogP) is 2.06. The van der Waals surface area contributed by atoms with Crippen LogP contribution >= 0.6 is 22.9 Å². The Morgan fingerprint density at radius 2 is 2.15 bits per heavy atom. The zero-order chi connectivity index (χ0) is 14.1. The molecule has 0 spiro atoms. The largest absolute Gasteiger partial charge is 0.336 e. The van der Waals surface area contributed by atoms with Gasteiger partial charge in [0.2, 0.25) is 5.95 Å². The van der Waals surface area contributed by atoms with Crippen LogP contribution in [0.3, 0.4) is 0 Å². The average molecular weight is 308 g/mol. The Balaban J connectivity index is 1.88. The topological polar surface area (TPSA) is 74.8 Å². The Labute approximate surface area is 123 Å². The van der Waals surface area contributed by atoms with Crippen molar-refractivity contribution in [2.75, 3.05) is 11.9 Å². The third-order valence-electron chi connectivity index (χ3n) is 2.70. The van der Waals surface area contributed by atoms with Gasteiger partial charge in [0.05, 0.1) is 29.5 Å². The van der Waals surface area contributed by atoms with Crippen LogP contribution in [0.2, 0.25) is 5.02 Å². The van der Waals surface area contributed by atoms with E-state index in [9.17, 15) is 4.79 Å². The van der Waals surface area contributed by atoms with Gasteiger partial charge in [0.25, 0.3) is 5.56 Å². The molecular formula is C12H10ClN5OS. The number of hydrogen-bond acceptors (Lipinski definition) is 6. The number of aromatic amines is 1. The van der Waals surface area contributed by atoms with E-state index in [-0.39, 0.29) is 5.56 Å². The molecule has 0 fully saturated rings. The second-order valence-electron chi connectivity index (χ2n) is 4.20. The van der Waals surface area contributed by atoms with Crippen LogP contribution < -0.4 is 10.5 Å². The van der Waals surface area contributed by atoms with Crippen molar-refractivity contribution >= 4 is 39.1 Å². The number of rotatable bonds is 3. The van der Waals surface area contributed by atoms with Crippen molar-refractivity contribution in [1.82, 2.24) is 19.9 Å². The average Bonchev–Trinajstić information content (AvgIpc) is 2.88. The molecular weight excluding hydrogens is 298 g/mol. The summed E-state index contributed by atoms with van der Waals surface area (Å²) < 4.78 is 0.638. The number of hydrogen-bond donors (Lipinski definition) is 1. The Morgan fingerprint density at radius 1 is 1.40 bits per heavy atom. The minimum Gasteiger partial charge on any atom is -0.336 e. The van der Waals surface area contributed by atoms with Crippen LogP contribution in [0.25, 0.3) is 10.2 Å². The molecule has 20 heavy (non-hydrogen) atoms. The molecule has 3 rings (SSSR count). The molecule has 0 aliphatic heterocycles. The molecule has 1 N–H and O–H groups in total. The third-order valence-corrected chi connectivity index (χ3v) is 3.80. The van der Waals surface area contributed by atoms with Crippen LogP contribution in [-0.2, 0) is 6.54 Å². The number of aromatic nitrogens is 4. The monoisotopic (exact) mass is 307 g/mol. The lowest BCUT2D eigenvalue weighted by Gasteiger charge is -2.15. The lowest BCUT2D eigenvalue weighted by Crippen LogP contribution is -2.22. The molecule has 0 amide bonds. The van der Waals surface area contributed by atoms with Gasteiger partial charge in [-0.3, -0.25) is 4.79 Å². The third kappa shape index (κ3) is 2.50. The first-order valence-corrected chi connectivity index (χ1v) is 7.04. The summed E-state index contributed by atoms with van der Waals surface area (Å²) in [7, 11) is 1.82. The second kappa shape index (κ2) is 5.18. The van der Waals surface area contributed by atoms with Gasteiger partial charge in [-0.2, -0.15) is 0 Å². The van der Waals surface area contributed by atoms with Crippen molar-refractivity contribution in [2.45, 2.75) is 6.54 Å². The zero-order valence-corrected chi connectivity index (χ0v) is 12.1. The molecule has 0 radical (unpaired) electrons. The highest BCUT2D eigenvalue weighted by Crippen LogP contribution is 2.15. The van der Waals surface area contributed by atoms with E-state index in [0.29, 0.717) is 33.6 Å². The molecule has 3 aromatic heterocycles. The van der Waals surface area contributed by atoms with Crippen molar-refractivity contribution < 1.29 is 0 Å². The van der Waals surface area contributed by atoms with E-state index < -0.39 is 0 Å². The maximum Gasteiger partial charge on any atom is 0.268 e. The van der Waals surface area contributed by atoms with Gasteiger partial charge in [-0.25, -0.2) is 15.0 Å². The minimum absolute atomic E-state index is 0.120. The van der Waals surface area contributed by atoms with Crippen LogP contribution in [0.15, 0.2) is 28.6 Å². The molecule has 0 saturated carbocycles. The molecule has 8 heteroatoms. The van der Waals surface area contributed by atoms with E-state index >= 15 is 0 Å². The highest BCUT2D eigenvalue weighted by Gasteiger charge is 2.09. The van der Waals surface area contributed by atoms with Crippen molar-refractivity contribution in [2.24, 2.45) is 0 Å². The summed E-state index contributed by atoms with van der Waals surface area (Å²) >= 11 is 7.13. The van der Waals surface area contributed by atoms with Crippen LogP contribution in [-0.4, -0.2) is 27.0 Å². The SMILES string of the molecule is CN(Cc1nc2ccsc2c(=O)[nH]1)c1ncc(Cl)cn1. The number of H-pyrrole nitrogens is 1. The Morgan fingerprint density at radius 3 is 2.90 bits per heavy atom. The van der Waals surface area contributed by atoms with Gasteiger partial charge >= 0.3 is 0 Å². The fourth-order valence-corrected chi connectivity index (χ4v) is 2.62. The molecule has 0 aliphatic rings. The summed E-state index contributed by atoms with van der Waals surface area (Å²) in [6.45, 7) is 0.405. The lowest BCUT2D eigenvalue weighted by molar-refractivity contribution is 0.809. The number of fused-ring (bicyclic) bond motifs is 1. The maximum absolute atomic E-state index is 11.9. The van der Waals surface area contributed by atoms with Gasteiger partial charge in [-0.05, 0) is 11.4 Å². The highest BCUT2D eigenvalue weighted by molar-refractivity contribution is 7.17. The minimum atomic E-state index is -0.120. The summed E-state index contributed by atoms with van der Waals surface area (Å²) in [5.74, 6) is 1.09. The molecule has 0 saturated heterocycles. The summed E-state index contributed by atoms with van der Waals surface area (Å²) in [5.41, 5.74) is 0.588. The normalized spacial score (nSPS) is 10.9. The van der Waals surface area contributed by atoms with Crippen LogP contribution in [0.1, 0.15) is 5.82 Å². The quantitative estimate of drug-likeness (QED) is 0.801. The molecule has 0 aromatic carbocycles. The molecule has 0 atom stereocenters. The fourth-order valence-electron chi connectivity index (χ4n) is 1.79. The molecule has 3 aromatic rings. The van der Waals surface area contributed by atoms with E-state index in [4.69, 9.17) is 11.6 Å². The molecule has 6 nitrogen and oxygen atoms in total. The Kier molecular flexibility index (Phi) is 3.37. The van der Waals surface area contributed by atoms with Crippen molar-refractivity contribution in [3.8, 4) is 0 Å². The predicted molar refractivity (Wildman–Crippen MR) is 79.4 cm³/mol. The standard InChI is InChI=1S/C12H10ClN5OS/c1-18(12-14-4-7(13)5-15-12)6-9-16-8-2-3-20-10(8)11(19)17-9/h2-5H,6H2,1H3,(H,16,17,19). The first-order valence-electron chi connectivity index (χ1n) is 5.78. The van der Waals surface area contributed by atoms with Crippen LogP contribution in [0.4, 0.5) is 5.95 Å². The Bertz CT molecular complexity index is 797. The lowest BCUT2D eigenvalue weighted by atomic mass is 10.4. The van der Waals surface area contributed by atoms with Gasteiger partial charge in [-0.15, -0.1) is 11.3 Å². The smallest absolute Gasteiger partial charge is 0.268 e. The summed E-state index contributed by atoms with van der Waals surface area (Å²) in [4.78, 5) is 29.1. The summed E-state index contributed by atoms with van der Waals surface area (Å²) in [6.07, 6.45) is 3.05. The van der Waals surface area contributed by atoms with Crippen molar-refractivity contribution in [1.29, 1.82) is 0 Å². The van der Waals surface area contributed by atoms with Crippen LogP contribution in [0, 0.1) is 0 Å².